The summed E-state index contributed by atoms with van der Waals surface area (Å²) in [4.78, 5) is 0. The molecule has 0 heterocycles. The number of nitrogens with one attached hydrogen (secondary N) is 1. The van der Waals surface area contributed by atoms with Gasteiger partial charge in [0.15, 0.2) is 0 Å². The average Bonchev–Trinajstić information content (AvgIpc) is 2.62. The highest BCUT2D eigenvalue weighted by molar-refractivity contribution is 5.11. The molecule has 2 rings (SSSR count). The Kier molecular flexibility index (Phi) is 4.08. The molecule has 2 aliphatic carbocycles. The smallest absolute Gasteiger partial charge is 0.0636 e. The Morgan fingerprint density at radius 3 is 2.56 bits per heavy atom. The molecule has 0 spiro atoms. The molecule has 4 unspecified atom stereocenters. The van der Waals surface area contributed by atoms with Gasteiger partial charge in [0.1, 0.15) is 0 Å². The van der Waals surface area contributed by atoms with Crippen LogP contribution in [0.1, 0.15) is 60.3 Å². The third-order valence-electron chi connectivity index (χ3n) is 6.14. The molecule has 2 heteroatoms. The van der Waals surface area contributed by atoms with E-state index in [1.807, 2.05) is 0 Å². The van der Waals surface area contributed by atoms with E-state index in [0.717, 1.165) is 25.5 Å². The number of fused-ring (bicyclic) bond motifs is 2. The Bertz CT molecular complexity index is 289. The number of rotatable bonds is 6. The van der Waals surface area contributed by atoms with Gasteiger partial charge in [0.25, 0.3) is 0 Å². The molecule has 18 heavy (non-hydrogen) atoms. The van der Waals surface area contributed by atoms with E-state index in [1.165, 1.54) is 19.3 Å². The summed E-state index contributed by atoms with van der Waals surface area (Å²) in [5.74, 6) is 0.888. The van der Waals surface area contributed by atoms with E-state index in [2.05, 4.69) is 39.9 Å². The highest BCUT2D eigenvalue weighted by Gasteiger charge is 2.61. The van der Waals surface area contributed by atoms with Gasteiger partial charge in [-0.05, 0) is 55.9 Å². The zero-order valence-electron chi connectivity index (χ0n) is 12.9. The molecule has 0 aromatic carbocycles. The molecule has 1 N–H and O–H groups in total. The second-order valence-electron chi connectivity index (χ2n) is 7.22. The van der Waals surface area contributed by atoms with Crippen molar-refractivity contribution < 1.29 is 4.74 Å². The van der Waals surface area contributed by atoms with Crippen molar-refractivity contribution in [3.63, 3.8) is 0 Å². The molecule has 106 valence electrons. The Morgan fingerprint density at radius 2 is 2.06 bits per heavy atom. The minimum atomic E-state index is 0.416. The highest BCUT2D eigenvalue weighted by Crippen LogP contribution is 2.66. The van der Waals surface area contributed by atoms with E-state index >= 15 is 0 Å². The van der Waals surface area contributed by atoms with Crippen LogP contribution >= 0.6 is 0 Å². The number of ether oxygens (including phenoxy) is 1. The molecule has 0 saturated heterocycles. The largest absolute Gasteiger partial charge is 0.378 e. The monoisotopic (exact) mass is 253 g/mol. The standard InChI is InChI=1S/C16H31NO/c1-6-17-12(2)8-10-18-14-11-13-7-9-16(14,5)15(13,3)4/h12-14,17H,6-11H2,1-5H3. The van der Waals surface area contributed by atoms with Gasteiger partial charge in [0, 0.05) is 12.6 Å². The van der Waals surface area contributed by atoms with Crippen LogP contribution in [0.5, 0.6) is 0 Å². The molecule has 0 aromatic heterocycles. The molecule has 0 aromatic rings. The molecule has 2 nitrogen and oxygen atoms in total. The first-order valence-corrected chi connectivity index (χ1v) is 7.76. The second kappa shape index (κ2) is 5.13. The lowest BCUT2D eigenvalue weighted by Crippen LogP contribution is -2.38. The van der Waals surface area contributed by atoms with Gasteiger partial charge >= 0.3 is 0 Å². The summed E-state index contributed by atoms with van der Waals surface area (Å²) in [6.07, 6.45) is 5.69. The quantitative estimate of drug-likeness (QED) is 0.781. The summed E-state index contributed by atoms with van der Waals surface area (Å²) in [6, 6.07) is 0.578. The molecule has 0 radical (unpaired) electrons. The summed E-state index contributed by atoms with van der Waals surface area (Å²) in [7, 11) is 0. The van der Waals surface area contributed by atoms with E-state index in [1.54, 1.807) is 0 Å². The Morgan fingerprint density at radius 1 is 1.33 bits per heavy atom. The van der Waals surface area contributed by atoms with Crippen molar-refractivity contribution in [2.45, 2.75) is 72.4 Å². The van der Waals surface area contributed by atoms with Crippen LogP contribution < -0.4 is 5.32 Å². The summed E-state index contributed by atoms with van der Waals surface area (Å²) in [5, 5.41) is 3.45. The molecule has 0 amide bonds. The molecule has 2 aliphatic rings. The second-order valence-corrected chi connectivity index (χ2v) is 7.22. The third kappa shape index (κ3) is 2.22. The summed E-state index contributed by atoms with van der Waals surface area (Å²) in [6.45, 7) is 13.7. The minimum Gasteiger partial charge on any atom is -0.378 e. The molecular formula is C16H31NO. The van der Waals surface area contributed by atoms with Gasteiger partial charge in [0.2, 0.25) is 0 Å². The van der Waals surface area contributed by atoms with Crippen LogP contribution in [-0.4, -0.2) is 25.3 Å². The average molecular weight is 253 g/mol. The van der Waals surface area contributed by atoms with E-state index in [-0.39, 0.29) is 0 Å². The van der Waals surface area contributed by atoms with Crippen LogP contribution in [0, 0.1) is 16.7 Å². The van der Waals surface area contributed by atoms with Crippen molar-refractivity contribution in [2.75, 3.05) is 13.2 Å². The van der Waals surface area contributed by atoms with Gasteiger partial charge in [-0.1, -0.05) is 27.7 Å². The zero-order chi connectivity index (χ0) is 13.4. The van der Waals surface area contributed by atoms with Crippen LogP contribution in [0.15, 0.2) is 0 Å². The maximum absolute atomic E-state index is 6.25. The van der Waals surface area contributed by atoms with Crippen LogP contribution in [0.2, 0.25) is 0 Å². The predicted octanol–water partition coefficient (Wildman–Crippen LogP) is 3.61. The van der Waals surface area contributed by atoms with Crippen molar-refractivity contribution in [1.82, 2.24) is 5.32 Å². The first-order valence-electron chi connectivity index (χ1n) is 7.76. The fraction of sp³-hybridized carbons (Fsp3) is 1.00. The lowest BCUT2D eigenvalue weighted by atomic mass is 9.70. The first kappa shape index (κ1) is 14.3. The summed E-state index contributed by atoms with van der Waals surface area (Å²) in [5.41, 5.74) is 0.893. The highest BCUT2D eigenvalue weighted by atomic mass is 16.5. The van der Waals surface area contributed by atoms with Gasteiger partial charge in [0.05, 0.1) is 6.10 Å². The van der Waals surface area contributed by atoms with Gasteiger partial charge in [-0.25, -0.2) is 0 Å². The first-order chi connectivity index (χ1) is 8.41. The Balaban J connectivity index is 1.82. The van der Waals surface area contributed by atoms with Crippen molar-refractivity contribution in [3.05, 3.63) is 0 Å². The van der Waals surface area contributed by atoms with Crippen LogP contribution in [-0.2, 0) is 4.74 Å². The minimum absolute atomic E-state index is 0.416. The van der Waals surface area contributed by atoms with Crippen molar-refractivity contribution >= 4 is 0 Å². The molecule has 2 fully saturated rings. The zero-order valence-corrected chi connectivity index (χ0v) is 12.9. The van der Waals surface area contributed by atoms with E-state index in [9.17, 15) is 0 Å². The van der Waals surface area contributed by atoms with Gasteiger partial charge in [-0.2, -0.15) is 0 Å². The summed E-state index contributed by atoms with van der Waals surface area (Å²) >= 11 is 0. The topological polar surface area (TPSA) is 21.3 Å². The Labute approximate surface area is 113 Å². The van der Waals surface area contributed by atoms with Crippen molar-refractivity contribution in [1.29, 1.82) is 0 Å². The lowest BCUT2D eigenvalue weighted by Gasteiger charge is -2.39. The molecule has 4 atom stereocenters. The van der Waals surface area contributed by atoms with Crippen molar-refractivity contribution in [3.8, 4) is 0 Å². The molecule has 2 saturated carbocycles. The van der Waals surface area contributed by atoms with Gasteiger partial charge in [-0.3, -0.25) is 0 Å². The van der Waals surface area contributed by atoms with Crippen molar-refractivity contribution in [2.24, 2.45) is 16.7 Å². The van der Waals surface area contributed by atoms with Crippen LogP contribution in [0.4, 0.5) is 0 Å². The SMILES string of the molecule is CCNC(C)CCOC1CC2CCC1(C)C2(C)C. The number of hydrogen-bond donors (Lipinski definition) is 1. The predicted molar refractivity (Wildman–Crippen MR) is 76.7 cm³/mol. The van der Waals surface area contributed by atoms with E-state index in [4.69, 9.17) is 4.74 Å². The van der Waals surface area contributed by atoms with Crippen LogP contribution in [0.25, 0.3) is 0 Å². The summed E-state index contributed by atoms with van der Waals surface area (Å²) < 4.78 is 6.25. The third-order valence-corrected chi connectivity index (χ3v) is 6.14. The molecule has 0 aliphatic heterocycles. The molecular weight excluding hydrogens is 222 g/mol. The number of hydrogen-bond acceptors (Lipinski definition) is 2. The fourth-order valence-corrected chi connectivity index (χ4v) is 4.22. The van der Waals surface area contributed by atoms with Gasteiger partial charge < -0.3 is 10.1 Å². The van der Waals surface area contributed by atoms with Crippen LogP contribution in [0.3, 0.4) is 0 Å². The van der Waals surface area contributed by atoms with Gasteiger partial charge in [-0.15, -0.1) is 0 Å². The van der Waals surface area contributed by atoms with E-state index < -0.39 is 0 Å². The fourth-order valence-electron chi connectivity index (χ4n) is 4.22. The normalized spacial score (nSPS) is 39.2. The maximum Gasteiger partial charge on any atom is 0.0636 e. The Hall–Kier alpha value is -0.0800. The maximum atomic E-state index is 6.25. The van der Waals surface area contributed by atoms with E-state index in [0.29, 0.717) is 23.0 Å². The lowest BCUT2D eigenvalue weighted by molar-refractivity contribution is -0.0485. The molecule has 2 bridgehead atoms.